The van der Waals surface area contributed by atoms with Crippen LogP contribution in [0.2, 0.25) is 0 Å². The standard InChI is InChI=1S/C12H12F2N2O3/c13-10(14)7-15-12(19)16-9-4-1-8(2-5-9)3-6-11(17)18/h1-6,10H,7H2,(H,17,18)(H2,15,16,19)/b6-3+. The Morgan fingerprint density at radius 1 is 1.26 bits per heavy atom. The van der Waals surface area contributed by atoms with Gasteiger partial charge >= 0.3 is 12.0 Å². The minimum atomic E-state index is -2.60. The lowest BCUT2D eigenvalue weighted by Gasteiger charge is -2.07. The number of carboxylic acids is 1. The van der Waals surface area contributed by atoms with Crippen LogP contribution >= 0.6 is 0 Å². The summed E-state index contributed by atoms with van der Waals surface area (Å²) in [7, 11) is 0. The van der Waals surface area contributed by atoms with Gasteiger partial charge in [0.15, 0.2) is 0 Å². The van der Waals surface area contributed by atoms with Gasteiger partial charge < -0.3 is 15.7 Å². The minimum Gasteiger partial charge on any atom is -0.478 e. The van der Waals surface area contributed by atoms with Crippen molar-refractivity contribution in [1.29, 1.82) is 0 Å². The van der Waals surface area contributed by atoms with Crippen molar-refractivity contribution in [3.63, 3.8) is 0 Å². The maximum atomic E-state index is 11.8. The molecule has 0 bridgehead atoms. The zero-order valence-corrected chi connectivity index (χ0v) is 9.77. The number of aliphatic carboxylic acids is 1. The van der Waals surface area contributed by atoms with Crippen LogP contribution in [0.1, 0.15) is 5.56 Å². The lowest BCUT2D eigenvalue weighted by Crippen LogP contribution is -2.32. The van der Waals surface area contributed by atoms with Crippen molar-refractivity contribution in [1.82, 2.24) is 5.32 Å². The van der Waals surface area contributed by atoms with E-state index in [1.54, 1.807) is 12.1 Å². The van der Waals surface area contributed by atoms with E-state index in [9.17, 15) is 18.4 Å². The molecule has 3 N–H and O–H groups in total. The first kappa shape index (κ1) is 14.6. The molecule has 5 nitrogen and oxygen atoms in total. The second-order valence-electron chi connectivity index (χ2n) is 3.52. The highest BCUT2D eigenvalue weighted by atomic mass is 19.3. The summed E-state index contributed by atoms with van der Waals surface area (Å²) >= 11 is 0. The maximum Gasteiger partial charge on any atom is 0.328 e. The van der Waals surface area contributed by atoms with Crippen molar-refractivity contribution in [3.8, 4) is 0 Å². The average molecular weight is 270 g/mol. The summed E-state index contributed by atoms with van der Waals surface area (Å²) in [6, 6.07) is 5.51. The van der Waals surface area contributed by atoms with Crippen molar-refractivity contribution in [2.45, 2.75) is 6.43 Å². The molecule has 0 heterocycles. The van der Waals surface area contributed by atoms with Gasteiger partial charge in [-0.25, -0.2) is 18.4 Å². The van der Waals surface area contributed by atoms with Crippen LogP contribution in [0.4, 0.5) is 19.3 Å². The van der Waals surface area contributed by atoms with Gasteiger partial charge in [0, 0.05) is 11.8 Å². The largest absolute Gasteiger partial charge is 0.478 e. The SMILES string of the molecule is O=C(O)/C=C/c1ccc(NC(=O)NCC(F)F)cc1. The fourth-order valence-corrected chi connectivity index (χ4v) is 1.19. The highest BCUT2D eigenvalue weighted by molar-refractivity contribution is 5.89. The summed E-state index contributed by atoms with van der Waals surface area (Å²) in [5.41, 5.74) is 1.06. The number of rotatable bonds is 5. The lowest BCUT2D eigenvalue weighted by molar-refractivity contribution is -0.131. The molecular formula is C12H12F2N2O3. The first-order chi connectivity index (χ1) is 8.97. The molecule has 0 spiro atoms. The smallest absolute Gasteiger partial charge is 0.328 e. The van der Waals surface area contributed by atoms with Gasteiger partial charge in [0.25, 0.3) is 6.43 Å². The molecule has 7 heteroatoms. The zero-order valence-electron chi connectivity index (χ0n) is 9.77. The molecule has 0 aliphatic carbocycles. The first-order valence-electron chi connectivity index (χ1n) is 5.31. The Morgan fingerprint density at radius 2 is 1.89 bits per heavy atom. The Morgan fingerprint density at radius 3 is 2.42 bits per heavy atom. The maximum absolute atomic E-state index is 11.8. The Hall–Kier alpha value is -2.44. The molecule has 102 valence electrons. The summed E-state index contributed by atoms with van der Waals surface area (Å²) in [6.07, 6.45) is -0.227. The van der Waals surface area contributed by atoms with Crippen LogP contribution in [0.3, 0.4) is 0 Å². The summed E-state index contributed by atoms with van der Waals surface area (Å²) in [5, 5.41) is 12.8. The number of carbonyl (C=O) groups excluding carboxylic acids is 1. The van der Waals surface area contributed by atoms with Crippen LogP contribution in [-0.2, 0) is 4.79 Å². The van der Waals surface area contributed by atoms with E-state index in [1.165, 1.54) is 18.2 Å². The molecule has 0 aliphatic rings. The number of carbonyl (C=O) groups is 2. The second kappa shape index (κ2) is 7.10. The van der Waals surface area contributed by atoms with Crippen LogP contribution in [0.5, 0.6) is 0 Å². The van der Waals surface area contributed by atoms with Crippen molar-refractivity contribution < 1.29 is 23.5 Å². The molecule has 1 rings (SSSR count). The van der Waals surface area contributed by atoms with Gasteiger partial charge in [0.1, 0.15) is 0 Å². The normalized spacial score (nSPS) is 10.7. The molecular weight excluding hydrogens is 258 g/mol. The fourth-order valence-electron chi connectivity index (χ4n) is 1.19. The van der Waals surface area contributed by atoms with Gasteiger partial charge in [-0.15, -0.1) is 0 Å². The first-order valence-corrected chi connectivity index (χ1v) is 5.31. The zero-order chi connectivity index (χ0) is 14.3. The van der Waals surface area contributed by atoms with Gasteiger partial charge in [-0.2, -0.15) is 0 Å². The third kappa shape index (κ3) is 6.16. The van der Waals surface area contributed by atoms with Crippen molar-refractivity contribution in [2.24, 2.45) is 0 Å². The molecule has 1 aromatic carbocycles. The van der Waals surface area contributed by atoms with E-state index < -0.39 is 25.0 Å². The fraction of sp³-hybridized carbons (Fsp3) is 0.167. The predicted molar refractivity (Wildman–Crippen MR) is 66.1 cm³/mol. The Bertz CT molecular complexity index is 472. The van der Waals surface area contributed by atoms with E-state index in [2.05, 4.69) is 5.32 Å². The number of benzene rings is 1. The monoisotopic (exact) mass is 270 g/mol. The highest BCUT2D eigenvalue weighted by Crippen LogP contribution is 2.10. The van der Waals surface area contributed by atoms with Crippen molar-refractivity contribution >= 4 is 23.8 Å². The van der Waals surface area contributed by atoms with Crippen LogP contribution in [0.25, 0.3) is 6.08 Å². The number of amides is 2. The van der Waals surface area contributed by atoms with Crippen molar-refractivity contribution in [3.05, 3.63) is 35.9 Å². The average Bonchev–Trinajstić information content (AvgIpc) is 2.35. The summed E-state index contributed by atoms with van der Waals surface area (Å²) in [4.78, 5) is 21.5. The summed E-state index contributed by atoms with van der Waals surface area (Å²) in [5.74, 6) is -1.06. The van der Waals surface area contributed by atoms with Crippen LogP contribution in [-0.4, -0.2) is 30.1 Å². The van der Waals surface area contributed by atoms with Gasteiger partial charge in [-0.1, -0.05) is 12.1 Å². The molecule has 0 saturated carbocycles. The number of nitrogens with one attached hydrogen (secondary N) is 2. The van der Waals surface area contributed by atoms with E-state index in [0.29, 0.717) is 11.3 Å². The number of alkyl halides is 2. The van der Waals surface area contributed by atoms with E-state index >= 15 is 0 Å². The minimum absolute atomic E-state index is 0.416. The Kier molecular flexibility index (Phi) is 5.46. The number of urea groups is 1. The topological polar surface area (TPSA) is 78.4 Å². The van der Waals surface area contributed by atoms with E-state index in [4.69, 9.17) is 5.11 Å². The molecule has 0 radical (unpaired) electrons. The molecule has 0 atom stereocenters. The Labute approximate surface area is 107 Å². The quantitative estimate of drug-likeness (QED) is 0.717. The Balaban J connectivity index is 2.52. The van der Waals surface area contributed by atoms with Crippen LogP contribution in [0, 0.1) is 0 Å². The molecule has 0 aromatic heterocycles. The van der Waals surface area contributed by atoms with Gasteiger partial charge in [0.2, 0.25) is 0 Å². The van der Waals surface area contributed by atoms with Gasteiger partial charge in [-0.05, 0) is 23.8 Å². The van der Waals surface area contributed by atoms with Crippen molar-refractivity contribution in [2.75, 3.05) is 11.9 Å². The third-order valence-electron chi connectivity index (χ3n) is 2.00. The number of anilines is 1. The molecule has 0 fully saturated rings. The lowest BCUT2D eigenvalue weighted by atomic mass is 10.2. The second-order valence-corrected chi connectivity index (χ2v) is 3.52. The summed E-state index contributed by atoms with van der Waals surface area (Å²) in [6.45, 7) is -0.717. The predicted octanol–water partition coefficient (Wildman–Crippen LogP) is 2.17. The molecule has 1 aromatic rings. The molecule has 19 heavy (non-hydrogen) atoms. The number of hydrogen-bond acceptors (Lipinski definition) is 2. The van der Waals surface area contributed by atoms with E-state index in [0.717, 1.165) is 6.08 Å². The van der Waals surface area contributed by atoms with E-state index in [1.807, 2.05) is 5.32 Å². The molecule has 0 aliphatic heterocycles. The molecule has 0 unspecified atom stereocenters. The van der Waals surface area contributed by atoms with Gasteiger partial charge in [-0.3, -0.25) is 0 Å². The number of halogens is 2. The highest BCUT2D eigenvalue weighted by Gasteiger charge is 2.05. The molecule has 2 amide bonds. The van der Waals surface area contributed by atoms with Crippen LogP contribution < -0.4 is 10.6 Å². The number of carboxylic acid groups (broad SMARTS) is 1. The van der Waals surface area contributed by atoms with E-state index in [-0.39, 0.29) is 0 Å². The molecule has 0 saturated heterocycles. The third-order valence-corrected chi connectivity index (χ3v) is 2.00. The summed E-state index contributed by atoms with van der Waals surface area (Å²) < 4.78 is 23.7. The number of hydrogen-bond donors (Lipinski definition) is 3. The van der Waals surface area contributed by atoms with Gasteiger partial charge in [0.05, 0.1) is 6.54 Å². The van der Waals surface area contributed by atoms with Crippen LogP contribution in [0.15, 0.2) is 30.3 Å².